The molecule has 0 saturated heterocycles. The molecule has 2 rings (SSSR count). The first-order valence-electron chi connectivity index (χ1n) is 5.96. The third-order valence-corrected chi connectivity index (χ3v) is 3.03. The first-order chi connectivity index (χ1) is 9.58. The summed E-state index contributed by atoms with van der Waals surface area (Å²) in [5.74, 6) is -0.364. The van der Waals surface area contributed by atoms with Gasteiger partial charge in [-0.25, -0.2) is 5.43 Å². The van der Waals surface area contributed by atoms with Crippen LogP contribution in [0, 0.1) is 0 Å². The normalized spacial score (nSPS) is 11.2. The molecular weight excluding hydrogens is 276 g/mol. The van der Waals surface area contributed by atoms with Crippen LogP contribution in [0.2, 0.25) is 5.02 Å². The first-order valence-corrected chi connectivity index (χ1v) is 6.34. The van der Waals surface area contributed by atoms with E-state index in [-0.39, 0.29) is 5.75 Å². The number of benzene rings is 2. The molecule has 20 heavy (non-hydrogen) atoms. The van der Waals surface area contributed by atoms with Crippen molar-refractivity contribution >= 4 is 23.2 Å². The van der Waals surface area contributed by atoms with Crippen molar-refractivity contribution in [1.82, 2.24) is 5.43 Å². The third kappa shape index (κ3) is 3.36. The summed E-state index contributed by atoms with van der Waals surface area (Å²) in [5.41, 5.74) is 4.12. The van der Waals surface area contributed by atoms with Gasteiger partial charge in [0.05, 0.1) is 5.71 Å². The Morgan fingerprint density at radius 3 is 2.65 bits per heavy atom. The average Bonchev–Trinajstić information content (AvgIpc) is 2.45. The molecule has 1 amide bonds. The number of halogens is 1. The summed E-state index contributed by atoms with van der Waals surface area (Å²) >= 11 is 6.05. The number of aromatic hydroxyl groups is 1. The zero-order chi connectivity index (χ0) is 14.5. The summed E-state index contributed by atoms with van der Waals surface area (Å²) in [6, 6.07) is 13.3. The van der Waals surface area contributed by atoms with Gasteiger partial charge in [0.1, 0.15) is 5.75 Å². The van der Waals surface area contributed by atoms with Crippen molar-refractivity contribution in [2.75, 3.05) is 0 Å². The Bertz CT molecular complexity index is 668. The van der Waals surface area contributed by atoms with Gasteiger partial charge < -0.3 is 5.11 Å². The lowest BCUT2D eigenvalue weighted by Crippen LogP contribution is -2.19. The average molecular weight is 289 g/mol. The van der Waals surface area contributed by atoms with Crippen molar-refractivity contribution in [1.29, 1.82) is 0 Å². The summed E-state index contributed by atoms with van der Waals surface area (Å²) < 4.78 is 0. The minimum atomic E-state index is -0.396. The van der Waals surface area contributed by atoms with Gasteiger partial charge in [-0.15, -0.1) is 0 Å². The number of hydrazone groups is 1. The van der Waals surface area contributed by atoms with Crippen molar-refractivity contribution in [3.8, 4) is 5.75 Å². The predicted octanol–water partition coefficient (Wildman–Crippen LogP) is 3.20. The monoisotopic (exact) mass is 288 g/mol. The van der Waals surface area contributed by atoms with E-state index < -0.39 is 5.91 Å². The van der Waals surface area contributed by atoms with Gasteiger partial charge in [-0.05, 0) is 31.2 Å². The highest BCUT2D eigenvalue weighted by atomic mass is 35.5. The largest absolute Gasteiger partial charge is 0.508 e. The summed E-state index contributed by atoms with van der Waals surface area (Å²) in [5, 5.41) is 13.9. The van der Waals surface area contributed by atoms with E-state index in [1.54, 1.807) is 25.1 Å². The molecule has 0 aliphatic carbocycles. The van der Waals surface area contributed by atoms with Gasteiger partial charge in [-0.3, -0.25) is 4.79 Å². The Morgan fingerprint density at radius 2 is 1.95 bits per heavy atom. The van der Waals surface area contributed by atoms with E-state index in [0.717, 1.165) is 5.56 Å². The molecule has 5 heteroatoms. The van der Waals surface area contributed by atoms with Crippen LogP contribution in [0.5, 0.6) is 5.75 Å². The number of hydrogen-bond donors (Lipinski definition) is 2. The maximum absolute atomic E-state index is 11.9. The molecule has 102 valence electrons. The Morgan fingerprint density at radius 1 is 1.20 bits per heavy atom. The molecule has 0 radical (unpaired) electrons. The van der Waals surface area contributed by atoms with Gasteiger partial charge >= 0.3 is 0 Å². The Balaban J connectivity index is 2.13. The lowest BCUT2D eigenvalue weighted by atomic mass is 10.1. The van der Waals surface area contributed by atoms with Gasteiger partial charge in [0.25, 0.3) is 5.91 Å². The summed E-state index contributed by atoms with van der Waals surface area (Å²) in [4.78, 5) is 11.9. The molecule has 0 aliphatic heterocycles. The van der Waals surface area contributed by atoms with Crippen LogP contribution in [0.3, 0.4) is 0 Å². The molecule has 2 aromatic carbocycles. The Labute approximate surface area is 121 Å². The second kappa shape index (κ2) is 6.21. The van der Waals surface area contributed by atoms with Crippen LogP contribution in [0.4, 0.5) is 0 Å². The zero-order valence-electron chi connectivity index (χ0n) is 10.8. The molecule has 2 N–H and O–H groups in total. The fourth-order valence-electron chi connectivity index (χ4n) is 1.66. The molecule has 0 fully saturated rings. The number of hydrogen-bond acceptors (Lipinski definition) is 3. The first kappa shape index (κ1) is 14.1. The molecule has 0 bridgehead atoms. The zero-order valence-corrected chi connectivity index (χ0v) is 11.6. The maximum Gasteiger partial charge on any atom is 0.271 e. The van der Waals surface area contributed by atoms with Crippen LogP contribution < -0.4 is 5.43 Å². The van der Waals surface area contributed by atoms with E-state index in [4.69, 9.17) is 11.6 Å². The van der Waals surface area contributed by atoms with Crippen LogP contribution >= 0.6 is 11.6 Å². The van der Waals surface area contributed by atoms with E-state index in [1.165, 1.54) is 12.1 Å². The number of nitrogens with one attached hydrogen (secondary N) is 1. The highest BCUT2D eigenvalue weighted by Crippen LogP contribution is 2.15. The predicted molar refractivity (Wildman–Crippen MR) is 79.2 cm³/mol. The van der Waals surface area contributed by atoms with E-state index in [1.807, 2.05) is 18.2 Å². The number of phenolic OH excluding ortho intramolecular Hbond substituents is 1. The SMILES string of the molecule is C/C(=N/NC(=O)c1cccc(O)c1)c1ccccc1Cl. The topological polar surface area (TPSA) is 61.7 Å². The van der Waals surface area contributed by atoms with Crippen LogP contribution in [0.15, 0.2) is 53.6 Å². The van der Waals surface area contributed by atoms with Crippen molar-refractivity contribution in [2.45, 2.75) is 6.92 Å². The lowest BCUT2D eigenvalue weighted by molar-refractivity contribution is 0.0954. The minimum Gasteiger partial charge on any atom is -0.508 e. The van der Waals surface area contributed by atoms with Crippen molar-refractivity contribution in [2.24, 2.45) is 5.10 Å². The highest BCUT2D eigenvalue weighted by molar-refractivity contribution is 6.34. The molecule has 0 aromatic heterocycles. The van der Waals surface area contributed by atoms with Gasteiger partial charge in [0.15, 0.2) is 0 Å². The molecule has 0 unspecified atom stereocenters. The van der Waals surface area contributed by atoms with E-state index >= 15 is 0 Å². The quantitative estimate of drug-likeness (QED) is 0.673. The van der Waals surface area contributed by atoms with Crippen LogP contribution in [-0.2, 0) is 0 Å². The Hall–Kier alpha value is -2.33. The van der Waals surface area contributed by atoms with Crippen molar-refractivity contribution in [3.63, 3.8) is 0 Å². The molecule has 0 aliphatic rings. The van der Waals surface area contributed by atoms with Crippen molar-refractivity contribution < 1.29 is 9.90 Å². The molecular formula is C15H13ClN2O2. The van der Waals surface area contributed by atoms with Gasteiger partial charge in [0.2, 0.25) is 0 Å². The third-order valence-electron chi connectivity index (χ3n) is 2.70. The molecule has 0 spiro atoms. The Kier molecular flexibility index (Phi) is 4.38. The number of amides is 1. The smallest absolute Gasteiger partial charge is 0.271 e. The van der Waals surface area contributed by atoms with Gasteiger partial charge in [-0.1, -0.05) is 35.9 Å². The van der Waals surface area contributed by atoms with E-state index in [9.17, 15) is 9.90 Å². The molecule has 4 nitrogen and oxygen atoms in total. The number of nitrogens with zero attached hydrogens (tertiary/aromatic N) is 1. The number of phenols is 1. The van der Waals surface area contributed by atoms with Gasteiger partial charge in [0, 0.05) is 16.1 Å². The van der Waals surface area contributed by atoms with Crippen molar-refractivity contribution in [3.05, 3.63) is 64.7 Å². The van der Waals surface area contributed by atoms with Crippen LogP contribution in [0.1, 0.15) is 22.8 Å². The molecule has 0 saturated carbocycles. The van der Waals surface area contributed by atoms with E-state index in [2.05, 4.69) is 10.5 Å². The number of rotatable bonds is 3. The van der Waals surface area contributed by atoms with Gasteiger partial charge in [-0.2, -0.15) is 5.10 Å². The van der Waals surface area contributed by atoms with Crippen LogP contribution in [-0.4, -0.2) is 16.7 Å². The molecule has 2 aromatic rings. The summed E-state index contributed by atoms with van der Waals surface area (Å²) in [6.45, 7) is 1.75. The highest BCUT2D eigenvalue weighted by Gasteiger charge is 2.06. The minimum absolute atomic E-state index is 0.0319. The number of carbonyl (C=O) groups is 1. The van der Waals surface area contributed by atoms with E-state index in [0.29, 0.717) is 16.3 Å². The molecule has 0 heterocycles. The fourth-order valence-corrected chi connectivity index (χ4v) is 1.93. The maximum atomic E-state index is 11.9. The fraction of sp³-hybridized carbons (Fsp3) is 0.0667. The number of carbonyl (C=O) groups excluding carboxylic acids is 1. The summed E-state index contributed by atoms with van der Waals surface area (Å²) in [7, 11) is 0. The lowest BCUT2D eigenvalue weighted by Gasteiger charge is -2.05. The second-order valence-electron chi connectivity index (χ2n) is 4.17. The standard InChI is InChI=1S/C15H13ClN2O2/c1-10(13-7-2-3-8-14(13)16)17-18-15(20)11-5-4-6-12(19)9-11/h2-9,19H,1H3,(H,18,20)/b17-10-. The summed E-state index contributed by atoms with van der Waals surface area (Å²) in [6.07, 6.45) is 0. The second-order valence-corrected chi connectivity index (χ2v) is 4.58. The molecule has 0 atom stereocenters. The van der Waals surface area contributed by atoms with Crippen LogP contribution in [0.25, 0.3) is 0 Å².